The highest BCUT2D eigenvalue weighted by Crippen LogP contribution is 2.13. The second-order valence-corrected chi connectivity index (χ2v) is 6.34. The summed E-state index contributed by atoms with van der Waals surface area (Å²) in [4.78, 5) is 11.9. The van der Waals surface area contributed by atoms with Gasteiger partial charge in [-0.05, 0) is 33.4 Å². The van der Waals surface area contributed by atoms with Crippen molar-refractivity contribution < 1.29 is 9.53 Å². The van der Waals surface area contributed by atoms with Gasteiger partial charge in [0, 0.05) is 5.75 Å². The average molecular weight is 271 g/mol. The summed E-state index contributed by atoms with van der Waals surface area (Å²) in [5.74, 6) is 1.63. The second kappa shape index (κ2) is 6.22. The van der Waals surface area contributed by atoms with Crippen LogP contribution < -0.4 is 0 Å². The number of hydrogen-bond donors (Lipinski definition) is 0. The molecular weight excluding hydrogens is 250 g/mol. The number of aromatic nitrogens is 3. The highest BCUT2D eigenvalue weighted by atomic mass is 32.2. The highest BCUT2D eigenvalue weighted by Gasteiger charge is 2.23. The lowest BCUT2D eigenvalue weighted by Gasteiger charge is -2.18. The maximum Gasteiger partial charge on any atom is 0.361 e. The van der Waals surface area contributed by atoms with Gasteiger partial charge in [-0.15, -0.1) is 5.10 Å². The zero-order valence-electron chi connectivity index (χ0n) is 11.7. The molecule has 0 unspecified atom stereocenters. The van der Waals surface area contributed by atoms with Crippen LogP contribution in [0.25, 0.3) is 0 Å². The molecule has 0 fully saturated rings. The van der Waals surface area contributed by atoms with Crippen LogP contribution in [-0.2, 0) is 11.3 Å². The molecule has 0 aromatic carbocycles. The van der Waals surface area contributed by atoms with Crippen LogP contribution in [-0.4, -0.2) is 38.1 Å². The first kappa shape index (κ1) is 15.0. The van der Waals surface area contributed by atoms with Crippen molar-refractivity contribution in [3.63, 3.8) is 0 Å². The summed E-state index contributed by atoms with van der Waals surface area (Å²) in [5.41, 5.74) is 0.568. The first-order valence-electron chi connectivity index (χ1n) is 6.06. The van der Waals surface area contributed by atoms with Gasteiger partial charge in [0.25, 0.3) is 0 Å². The molecule has 1 rings (SSSR count). The van der Waals surface area contributed by atoms with Crippen molar-refractivity contribution in [2.75, 3.05) is 11.5 Å². The number of esters is 1. The van der Waals surface area contributed by atoms with Crippen molar-refractivity contribution in [1.29, 1.82) is 0 Å². The lowest BCUT2D eigenvalue weighted by atomic mass is 10.2. The monoisotopic (exact) mass is 271 g/mol. The van der Waals surface area contributed by atoms with Crippen molar-refractivity contribution in [3.05, 3.63) is 11.4 Å². The van der Waals surface area contributed by atoms with E-state index >= 15 is 0 Å². The van der Waals surface area contributed by atoms with Crippen LogP contribution in [0.5, 0.6) is 0 Å². The molecule has 0 spiro atoms. The third-order valence-corrected chi connectivity index (χ3v) is 3.11. The summed E-state index contributed by atoms with van der Waals surface area (Å²) in [6, 6.07) is 0. The number of rotatable bonds is 5. The molecule has 0 bridgehead atoms. The van der Waals surface area contributed by atoms with Crippen molar-refractivity contribution in [3.8, 4) is 0 Å². The summed E-state index contributed by atoms with van der Waals surface area (Å²) in [6.45, 7) is 10.2. The van der Waals surface area contributed by atoms with E-state index < -0.39 is 11.6 Å². The Bertz CT molecular complexity index is 410. The Balaban J connectivity index is 2.71. The van der Waals surface area contributed by atoms with Gasteiger partial charge in [0.15, 0.2) is 5.69 Å². The molecule has 0 saturated carbocycles. The molecule has 0 saturated heterocycles. The van der Waals surface area contributed by atoms with Gasteiger partial charge in [0.1, 0.15) is 5.60 Å². The van der Waals surface area contributed by atoms with E-state index in [9.17, 15) is 4.79 Å². The number of carbonyl (C=O) groups is 1. The minimum absolute atomic E-state index is 0.312. The van der Waals surface area contributed by atoms with Crippen LogP contribution in [0, 0.1) is 6.92 Å². The van der Waals surface area contributed by atoms with Crippen molar-refractivity contribution in [2.24, 2.45) is 0 Å². The predicted octanol–water partition coefficient (Wildman–Crippen LogP) is 2.29. The number of aryl methyl sites for hydroxylation is 1. The summed E-state index contributed by atoms with van der Waals surface area (Å²) < 4.78 is 7.04. The lowest BCUT2D eigenvalue weighted by molar-refractivity contribution is 0.00619. The smallest absolute Gasteiger partial charge is 0.361 e. The van der Waals surface area contributed by atoms with Crippen LogP contribution in [0.3, 0.4) is 0 Å². The number of carbonyl (C=O) groups excluding carboxylic acids is 1. The quantitative estimate of drug-likeness (QED) is 0.607. The first-order chi connectivity index (χ1) is 8.35. The van der Waals surface area contributed by atoms with Gasteiger partial charge in [-0.25, -0.2) is 9.48 Å². The summed E-state index contributed by atoms with van der Waals surface area (Å²) in [5, 5.41) is 7.90. The van der Waals surface area contributed by atoms with E-state index in [4.69, 9.17) is 4.74 Å². The number of hydrogen-bond acceptors (Lipinski definition) is 5. The summed E-state index contributed by atoms with van der Waals surface area (Å²) in [7, 11) is 0. The molecular formula is C12H21N3O2S. The summed E-state index contributed by atoms with van der Waals surface area (Å²) in [6.07, 6.45) is 0. The predicted molar refractivity (Wildman–Crippen MR) is 72.9 cm³/mol. The minimum atomic E-state index is -0.509. The SMILES string of the molecule is CCSCCn1nnc(C(=O)OC(C)(C)C)c1C. The summed E-state index contributed by atoms with van der Waals surface area (Å²) >= 11 is 1.83. The number of thioether (sulfide) groups is 1. The molecule has 0 amide bonds. The molecule has 0 aliphatic rings. The molecule has 0 N–H and O–H groups in total. The zero-order valence-corrected chi connectivity index (χ0v) is 12.5. The third kappa shape index (κ3) is 4.33. The molecule has 0 radical (unpaired) electrons. The van der Waals surface area contributed by atoms with Crippen molar-refractivity contribution in [1.82, 2.24) is 15.0 Å². The Hall–Kier alpha value is -1.04. The maximum absolute atomic E-state index is 11.9. The zero-order chi connectivity index (χ0) is 13.8. The normalized spacial score (nSPS) is 11.6. The number of ether oxygens (including phenoxy) is 1. The van der Waals surface area contributed by atoms with Crippen molar-refractivity contribution >= 4 is 17.7 Å². The highest BCUT2D eigenvalue weighted by molar-refractivity contribution is 7.99. The van der Waals surface area contributed by atoms with E-state index in [0.29, 0.717) is 5.69 Å². The Morgan fingerprint density at radius 3 is 2.67 bits per heavy atom. The molecule has 102 valence electrons. The Morgan fingerprint density at radius 1 is 1.44 bits per heavy atom. The Morgan fingerprint density at radius 2 is 2.11 bits per heavy atom. The van der Waals surface area contributed by atoms with Gasteiger partial charge in [-0.2, -0.15) is 11.8 Å². The largest absolute Gasteiger partial charge is 0.455 e. The molecule has 18 heavy (non-hydrogen) atoms. The maximum atomic E-state index is 11.9. The van der Waals surface area contributed by atoms with E-state index in [-0.39, 0.29) is 0 Å². The molecule has 5 nitrogen and oxygen atoms in total. The van der Waals surface area contributed by atoms with Crippen LogP contribution in [0.1, 0.15) is 43.9 Å². The molecule has 1 aromatic heterocycles. The first-order valence-corrected chi connectivity index (χ1v) is 7.21. The lowest BCUT2D eigenvalue weighted by Crippen LogP contribution is -2.24. The molecule has 1 heterocycles. The fourth-order valence-electron chi connectivity index (χ4n) is 1.38. The van der Waals surface area contributed by atoms with Crippen LogP contribution in [0.2, 0.25) is 0 Å². The molecule has 0 aliphatic heterocycles. The van der Waals surface area contributed by atoms with Gasteiger partial charge < -0.3 is 4.74 Å². The fourth-order valence-corrected chi connectivity index (χ4v) is 1.97. The molecule has 0 atom stereocenters. The van der Waals surface area contributed by atoms with E-state index in [2.05, 4.69) is 17.2 Å². The second-order valence-electron chi connectivity index (χ2n) is 4.95. The minimum Gasteiger partial charge on any atom is -0.455 e. The van der Waals surface area contributed by atoms with Crippen LogP contribution >= 0.6 is 11.8 Å². The van der Waals surface area contributed by atoms with Gasteiger partial charge in [0.2, 0.25) is 0 Å². The van der Waals surface area contributed by atoms with Gasteiger partial charge in [-0.3, -0.25) is 0 Å². The van der Waals surface area contributed by atoms with Gasteiger partial charge in [0.05, 0.1) is 12.2 Å². The number of nitrogens with zero attached hydrogens (tertiary/aromatic N) is 3. The standard InChI is InChI=1S/C12H21N3O2S/c1-6-18-8-7-15-9(2)10(13-14-15)11(16)17-12(3,4)5/h6-8H2,1-5H3. The van der Waals surface area contributed by atoms with Crippen LogP contribution in [0.4, 0.5) is 0 Å². The Kier molecular flexibility index (Phi) is 5.19. The third-order valence-electron chi connectivity index (χ3n) is 2.23. The molecule has 6 heteroatoms. The van der Waals surface area contributed by atoms with E-state index in [0.717, 1.165) is 23.7 Å². The Labute approximate surface area is 112 Å². The van der Waals surface area contributed by atoms with Crippen LogP contribution in [0.15, 0.2) is 0 Å². The average Bonchev–Trinajstić information content (AvgIpc) is 2.58. The van der Waals surface area contributed by atoms with E-state index in [1.807, 2.05) is 39.5 Å². The molecule has 1 aromatic rings. The van der Waals surface area contributed by atoms with E-state index in [1.165, 1.54) is 0 Å². The van der Waals surface area contributed by atoms with Gasteiger partial charge in [-0.1, -0.05) is 12.1 Å². The van der Waals surface area contributed by atoms with Crippen molar-refractivity contribution in [2.45, 2.75) is 46.8 Å². The van der Waals surface area contributed by atoms with E-state index in [1.54, 1.807) is 4.68 Å². The topological polar surface area (TPSA) is 57.0 Å². The van der Waals surface area contributed by atoms with Gasteiger partial charge >= 0.3 is 5.97 Å². The molecule has 0 aliphatic carbocycles. The fraction of sp³-hybridized carbons (Fsp3) is 0.750.